The van der Waals surface area contributed by atoms with Gasteiger partial charge in [0.15, 0.2) is 0 Å². The number of nitrogen functional groups attached to an aromatic ring is 1. The second-order valence-electron chi connectivity index (χ2n) is 4.76. The van der Waals surface area contributed by atoms with Crippen LogP contribution in [0.25, 0.3) is 10.9 Å². The van der Waals surface area contributed by atoms with Gasteiger partial charge in [-0.05, 0) is 12.5 Å². The molecule has 0 saturated carbocycles. The average Bonchev–Trinajstić information content (AvgIpc) is 2.68. The van der Waals surface area contributed by atoms with Crippen molar-refractivity contribution in [2.45, 2.75) is 18.8 Å². The van der Waals surface area contributed by atoms with Crippen molar-refractivity contribution in [3.05, 3.63) is 23.9 Å². The molecule has 0 aliphatic carbocycles. The maximum absolute atomic E-state index is 11.9. The number of hydrogen-bond acceptors (Lipinski definition) is 4. The number of carbonyl (C=O) groups excluding carboxylic acids is 2. The van der Waals surface area contributed by atoms with Crippen LogP contribution in [0.4, 0.5) is 5.69 Å². The third kappa shape index (κ3) is 2.12. The van der Waals surface area contributed by atoms with E-state index in [1.165, 1.54) is 0 Å². The molecule has 1 atom stereocenters. The van der Waals surface area contributed by atoms with Gasteiger partial charge in [-0.3, -0.25) is 19.6 Å². The Bertz CT molecular complexity index is 695. The number of benzene rings is 1. The number of aromatic nitrogens is 2. The molecule has 1 aliphatic heterocycles. The SMILES string of the molecule is Cl.Cn1nc(C2CCC(=O)NC2=O)c2cccc(N)c21. The van der Waals surface area contributed by atoms with Crippen molar-refractivity contribution in [2.24, 2.45) is 7.05 Å². The van der Waals surface area contributed by atoms with Crippen molar-refractivity contribution in [1.82, 2.24) is 15.1 Å². The largest absolute Gasteiger partial charge is 0.397 e. The molecule has 7 heteroatoms. The molecule has 106 valence electrons. The smallest absolute Gasteiger partial charge is 0.235 e. The zero-order valence-corrected chi connectivity index (χ0v) is 11.7. The van der Waals surface area contributed by atoms with Gasteiger partial charge in [-0.15, -0.1) is 12.4 Å². The summed E-state index contributed by atoms with van der Waals surface area (Å²) in [5, 5.41) is 7.64. The molecule has 2 aromatic rings. The second-order valence-corrected chi connectivity index (χ2v) is 4.76. The summed E-state index contributed by atoms with van der Waals surface area (Å²) in [6, 6.07) is 5.55. The Balaban J connectivity index is 0.00000147. The maximum atomic E-state index is 11.9. The molecule has 1 aromatic heterocycles. The van der Waals surface area contributed by atoms with E-state index in [2.05, 4.69) is 10.4 Å². The first-order chi connectivity index (χ1) is 9.08. The molecule has 0 bridgehead atoms. The molecule has 3 rings (SSSR count). The number of halogens is 1. The van der Waals surface area contributed by atoms with E-state index in [9.17, 15) is 9.59 Å². The van der Waals surface area contributed by atoms with Crippen LogP contribution >= 0.6 is 12.4 Å². The Kier molecular flexibility index (Phi) is 3.67. The summed E-state index contributed by atoms with van der Waals surface area (Å²) in [7, 11) is 1.80. The van der Waals surface area contributed by atoms with Crippen LogP contribution in [0.2, 0.25) is 0 Å². The highest BCUT2D eigenvalue weighted by molar-refractivity contribution is 6.03. The van der Waals surface area contributed by atoms with Crippen LogP contribution in [-0.4, -0.2) is 21.6 Å². The Morgan fingerprint density at radius 1 is 1.40 bits per heavy atom. The van der Waals surface area contributed by atoms with E-state index >= 15 is 0 Å². The first-order valence-electron chi connectivity index (χ1n) is 6.12. The zero-order chi connectivity index (χ0) is 13.6. The number of nitrogens with two attached hydrogens (primary N) is 1. The number of anilines is 1. The normalized spacial score (nSPS) is 18.8. The highest BCUT2D eigenvalue weighted by Gasteiger charge is 2.31. The summed E-state index contributed by atoms with van der Waals surface area (Å²) in [6.45, 7) is 0. The van der Waals surface area contributed by atoms with Gasteiger partial charge in [0.25, 0.3) is 0 Å². The lowest BCUT2D eigenvalue weighted by atomic mass is 9.93. The van der Waals surface area contributed by atoms with Gasteiger partial charge in [-0.1, -0.05) is 12.1 Å². The van der Waals surface area contributed by atoms with Gasteiger partial charge in [0.05, 0.1) is 22.8 Å². The fourth-order valence-corrected chi connectivity index (χ4v) is 2.61. The third-order valence-corrected chi connectivity index (χ3v) is 3.49. The van der Waals surface area contributed by atoms with E-state index < -0.39 is 0 Å². The van der Waals surface area contributed by atoms with Crippen LogP contribution in [0.15, 0.2) is 18.2 Å². The van der Waals surface area contributed by atoms with Gasteiger partial charge >= 0.3 is 0 Å². The predicted molar refractivity (Wildman–Crippen MR) is 77.5 cm³/mol. The van der Waals surface area contributed by atoms with Crippen molar-refractivity contribution in [2.75, 3.05) is 5.73 Å². The molecule has 3 N–H and O–H groups in total. The Labute approximate surface area is 121 Å². The minimum Gasteiger partial charge on any atom is -0.397 e. The minimum absolute atomic E-state index is 0. The lowest BCUT2D eigenvalue weighted by Crippen LogP contribution is -2.39. The molecular weight excluding hydrogens is 280 g/mol. The number of rotatable bonds is 1. The molecule has 1 fully saturated rings. The van der Waals surface area contributed by atoms with Crippen molar-refractivity contribution in [1.29, 1.82) is 0 Å². The number of hydrogen-bond donors (Lipinski definition) is 2. The number of carbonyl (C=O) groups is 2. The van der Waals surface area contributed by atoms with Crippen molar-refractivity contribution in [3.8, 4) is 0 Å². The maximum Gasteiger partial charge on any atom is 0.235 e. The molecular formula is C13H15ClN4O2. The highest BCUT2D eigenvalue weighted by Crippen LogP contribution is 2.32. The van der Waals surface area contributed by atoms with Gasteiger partial charge in [0, 0.05) is 18.9 Å². The van der Waals surface area contributed by atoms with Gasteiger partial charge in [-0.2, -0.15) is 5.10 Å². The number of fused-ring (bicyclic) bond motifs is 1. The fourth-order valence-electron chi connectivity index (χ4n) is 2.61. The van der Waals surface area contributed by atoms with Crippen LogP contribution in [0.3, 0.4) is 0 Å². The van der Waals surface area contributed by atoms with Gasteiger partial charge in [0.2, 0.25) is 11.8 Å². The zero-order valence-electron chi connectivity index (χ0n) is 10.9. The van der Waals surface area contributed by atoms with E-state index in [-0.39, 0.29) is 30.1 Å². The monoisotopic (exact) mass is 294 g/mol. The molecule has 1 saturated heterocycles. The number of nitrogens with one attached hydrogen (secondary N) is 1. The number of para-hydroxylation sites is 1. The Morgan fingerprint density at radius 2 is 2.15 bits per heavy atom. The Hall–Kier alpha value is -2.08. The van der Waals surface area contributed by atoms with Crippen LogP contribution < -0.4 is 11.1 Å². The topological polar surface area (TPSA) is 90.0 Å². The molecule has 6 nitrogen and oxygen atoms in total. The number of aryl methyl sites for hydroxylation is 1. The van der Waals surface area contributed by atoms with Crippen molar-refractivity contribution < 1.29 is 9.59 Å². The highest BCUT2D eigenvalue weighted by atomic mass is 35.5. The molecule has 1 unspecified atom stereocenters. The molecule has 1 aromatic carbocycles. The van der Waals surface area contributed by atoms with E-state index in [4.69, 9.17) is 5.73 Å². The molecule has 1 aliphatic rings. The van der Waals surface area contributed by atoms with Gasteiger partial charge < -0.3 is 5.73 Å². The van der Waals surface area contributed by atoms with Crippen molar-refractivity contribution >= 4 is 40.8 Å². The lowest BCUT2D eigenvalue weighted by molar-refractivity contribution is -0.134. The molecule has 0 spiro atoms. The quantitative estimate of drug-likeness (QED) is 0.609. The Morgan fingerprint density at radius 3 is 2.85 bits per heavy atom. The lowest BCUT2D eigenvalue weighted by Gasteiger charge is -2.19. The molecule has 0 radical (unpaired) electrons. The number of piperidine rings is 1. The van der Waals surface area contributed by atoms with E-state index in [1.807, 2.05) is 12.1 Å². The van der Waals surface area contributed by atoms with E-state index in [0.29, 0.717) is 24.2 Å². The number of imide groups is 1. The van der Waals surface area contributed by atoms with E-state index in [0.717, 1.165) is 10.9 Å². The number of amides is 2. The van der Waals surface area contributed by atoms with Crippen LogP contribution in [0, 0.1) is 0 Å². The van der Waals surface area contributed by atoms with E-state index in [1.54, 1.807) is 17.8 Å². The van der Waals surface area contributed by atoms with Crippen LogP contribution in [0.5, 0.6) is 0 Å². The second kappa shape index (κ2) is 5.13. The fraction of sp³-hybridized carbons (Fsp3) is 0.308. The molecule has 2 heterocycles. The summed E-state index contributed by atoms with van der Waals surface area (Å²) in [6.07, 6.45) is 0.836. The van der Waals surface area contributed by atoms with Crippen LogP contribution in [-0.2, 0) is 16.6 Å². The predicted octanol–water partition coefficient (Wildman–Crippen LogP) is 1.10. The van der Waals surface area contributed by atoms with Crippen molar-refractivity contribution in [3.63, 3.8) is 0 Å². The summed E-state index contributed by atoms with van der Waals surface area (Å²) in [5.41, 5.74) is 8.08. The molecule has 20 heavy (non-hydrogen) atoms. The average molecular weight is 295 g/mol. The summed E-state index contributed by atoms with van der Waals surface area (Å²) < 4.78 is 1.68. The summed E-state index contributed by atoms with van der Waals surface area (Å²) in [4.78, 5) is 23.1. The third-order valence-electron chi connectivity index (χ3n) is 3.49. The first-order valence-corrected chi connectivity index (χ1v) is 6.12. The van der Waals surface area contributed by atoms with Crippen LogP contribution in [0.1, 0.15) is 24.5 Å². The van der Waals surface area contributed by atoms with Gasteiger partial charge in [-0.25, -0.2) is 0 Å². The minimum atomic E-state index is -0.386. The van der Waals surface area contributed by atoms with Gasteiger partial charge in [0.1, 0.15) is 0 Å². The standard InChI is InChI=1S/C13H14N4O2.ClH/c1-17-12-7(3-2-4-9(12)14)11(16-17)8-5-6-10(18)15-13(8)19;/h2-4,8H,5-6,14H2,1H3,(H,15,18,19);1H. The molecule has 2 amide bonds. The first kappa shape index (κ1) is 14.3. The summed E-state index contributed by atoms with van der Waals surface area (Å²) in [5.74, 6) is -0.886. The summed E-state index contributed by atoms with van der Waals surface area (Å²) >= 11 is 0. The number of nitrogens with zero attached hydrogens (tertiary/aromatic N) is 2.